The topological polar surface area (TPSA) is 25.8 Å². The summed E-state index contributed by atoms with van der Waals surface area (Å²) in [5.41, 5.74) is 12.5. The number of aromatic nitrogens is 2. The first-order valence-corrected chi connectivity index (χ1v) is 14.6. The monoisotopic (exact) mass is 550 g/mol. The summed E-state index contributed by atoms with van der Waals surface area (Å²) in [6.45, 7) is 0. The minimum absolute atomic E-state index is 0.0516. The zero-order valence-corrected chi connectivity index (χ0v) is 23.7. The highest BCUT2D eigenvalue weighted by Gasteiger charge is 2.19. The Morgan fingerprint density at radius 3 is 1.16 bits per heavy atom. The van der Waals surface area contributed by atoms with E-state index in [2.05, 4.69) is 152 Å². The zero-order valence-electron chi connectivity index (χ0n) is 23.7. The van der Waals surface area contributed by atoms with E-state index in [1.54, 1.807) is 0 Å². The quantitative estimate of drug-likeness (QED) is 0.185. The first kappa shape index (κ1) is 26.3. The highest BCUT2D eigenvalue weighted by atomic mass is 14.7. The van der Waals surface area contributed by atoms with Crippen LogP contribution in [-0.4, -0.2) is 9.97 Å². The lowest BCUT2D eigenvalue weighted by molar-refractivity contribution is 0.978. The maximum absolute atomic E-state index is 4.76. The molecule has 0 aliphatic rings. The summed E-state index contributed by atoms with van der Waals surface area (Å²) >= 11 is 0. The van der Waals surface area contributed by atoms with Crippen molar-refractivity contribution >= 4 is 0 Å². The molecule has 0 radical (unpaired) electrons. The third-order valence-corrected chi connectivity index (χ3v) is 7.90. The van der Waals surface area contributed by atoms with Gasteiger partial charge in [-0.25, -0.2) is 0 Å². The number of pyridine rings is 2. The fraction of sp³-hybridized carbons (Fsp3) is 0.0244. The molecule has 0 aliphatic carbocycles. The molecule has 0 atom stereocenters. The fourth-order valence-electron chi connectivity index (χ4n) is 5.78. The zero-order chi connectivity index (χ0) is 28.8. The fourth-order valence-corrected chi connectivity index (χ4v) is 5.78. The summed E-state index contributed by atoms with van der Waals surface area (Å²) in [6, 6.07) is 57.8. The van der Waals surface area contributed by atoms with Gasteiger partial charge in [-0.3, -0.25) is 9.97 Å². The minimum Gasteiger partial charge on any atom is -0.256 e. The molecule has 0 unspecified atom stereocenters. The molecule has 5 aromatic carbocycles. The largest absolute Gasteiger partial charge is 0.256 e. The predicted octanol–water partition coefficient (Wildman–Crippen LogP) is 10.3. The Morgan fingerprint density at radius 2 is 0.698 bits per heavy atom. The Kier molecular flexibility index (Phi) is 7.40. The molecule has 2 aromatic heterocycles. The van der Waals surface area contributed by atoms with E-state index >= 15 is 0 Å². The van der Waals surface area contributed by atoms with Gasteiger partial charge in [0.15, 0.2) is 0 Å². The molecule has 0 aliphatic heterocycles. The van der Waals surface area contributed by atoms with E-state index in [4.69, 9.17) is 9.97 Å². The minimum atomic E-state index is 0.0516. The summed E-state index contributed by atoms with van der Waals surface area (Å²) in [4.78, 5) is 9.52. The van der Waals surface area contributed by atoms with Gasteiger partial charge in [0, 0.05) is 29.4 Å². The lowest BCUT2D eigenvalue weighted by Gasteiger charge is -2.20. The molecule has 204 valence electrons. The van der Waals surface area contributed by atoms with Crippen LogP contribution >= 0.6 is 0 Å². The second kappa shape index (κ2) is 12.1. The van der Waals surface area contributed by atoms with Crippen LogP contribution in [0.5, 0.6) is 0 Å². The third-order valence-electron chi connectivity index (χ3n) is 7.90. The van der Waals surface area contributed by atoms with Crippen LogP contribution in [0, 0.1) is 0 Å². The van der Waals surface area contributed by atoms with Gasteiger partial charge in [0.05, 0.1) is 11.4 Å². The molecular weight excluding hydrogens is 520 g/mol. The van der Waals surface area contributed by atoms with Crippen LogP contribution in [-0.2, 0) is 0 Å². The van der Waals surface area contributed by atoms with E-state index in [1.165, 1.54) is 27.8 Å². The van der Waals surface area contributed by atoms with Gasteiger partial charge in [0.1, 0.15) is 0 Å². The average Bonchev–Trinajstić information content (AvgIpc) is 3.10. The van der Waals surface area contributed by atoms with Crippen LogP contribution in [0.15, 0.2) is 176 Å². The van der Waals surface area contributed by atoms with Crippen LogP contribution in [0.4, 0.5) is 0 Å². The van der Waals surface area contributed by atoms with Crippen LogP contribution < -0.4 is 0 Å². The molecule has 0 fully saturated rings. The highest BCUT2D eigenvalue weighted by Crippen LogP contribution is 2.36. The van der Waals surface area contributed by atoms with Gasteiger partial charge in [-0.2, -0.15) is 0 Å². The van der Waals surface area contributed by atoms with Crippen molar-refractivity contribution in [1.29, 1.82) is 0 Å². The van der Waals surface area contributed by atoms with Gasteiger partial charge in [0.2, 0.25) is 0 Å². The first-order valence-electron chi connectivity index (χ1n) is 14.6. The van der Waals surface area contributed by atoms with Gasteiger partial charge in [-0.15, -0.1) is 0 Å². The van der Waals surface area contributed by atoms with Gasteiger partial charge < -0.3 is 0 Å². The second-order valence-electron chi connectivity index (χ2n) is 10.7. The number of hydrogen-bond donors (Lipinski definition) is 0. The molecular formula is C41H30N2. The lowest BCUT2D eigenvalue weighted by atomic mass is 9.83. The van der Waals surface area contributed by atoms with Crippen molar-refractivity contribution in [1.82, 2.24) is 9.97 Å². The summed E-state index contributed by atoms with van der Waals surface area (Å²) < 4.78 is 0. The molecule has 0 amide bonds. The lowest BCUT2D eigenvalue weighted by Crippen LogP contribution is -2.04. The van der Waals surface area contributed by atoms with Crippen LogP contribution in [0.2, 0.25) is 0 Å². The van der Waals surface area contributed by atoms with Crippen molar-refractivity contribution in [2.24, 2.45) is 0 Å². The Hall–Kier alpha value is -5.60. The molecule has 0 bridgehead atoms. The van der Waals surface area contributed by atoms with Crippen molar-refractivity contribution in [2.75, 3.05) is 0 Å². The maximum atomic E-state index is 4.76. The van der Waals surface area contributed by atoms with Gasteiger partial charge in [-0.1, -0.05) is 127 Å². The van der Waals surface area contributed by atoms with Crippen molar-refractivity contribution in [3.63, 3.8) is 0 Å². The predicted molar refractivity (Wildman–Crippen MR) is 178 cm³/mol. The Balaban J connectivity index is 1.29. The van der Waals surface area contributed by atoms with Crippen molar-refractivity contribution in [2.45, 2.75) is 5.92 Å². The molecule has 0 saturated carbocycles. The standard InChI is InChI=1S/C41H30N2/c1-4-12-30(13-5-1)33-22-24-42-39(28-33)35-18-10-20-37(26-35)41(32-16-8-3-9-17-32)38-21-11-19-36(27-38)40-29-34(23-25-43-40)31-14-6-2-7-15-31/h1-29,41H. The molecule has 2 nitrogen and oxygen atoms in total. The van der Waals surface area contributed by atoms with Crippen LogP contribution in [0.25, 0.3) is 44.8 Å². The molecule has 7 aromatic rings. The second-order valence-corrected chi connectivity index (χ2v) is 10.7. The smallest absolute Gasteiger partial charge is 0.0708 e. The van der Waals surface area contributed by atoms with Crippen molar-refractivity contribution in [3.05, 3.63) is 193 Å². The van der Waals surface area contributed by atoms with E-state index in [0.717, 1.165) is 33.6 Å². The van der Waals surface area contributed by atoms with Crippen LogP contribution in [0.3, 0.4) is 0 Å². The molecule has 2 heterocycles. The molecule has 7 rings (SSSR count). The van der Waals surface area contributed by atoms with Crippen LogP contribution in [0.1, 0.15) is 22.6 Å². The van der Waals surface area contributed by atoms with Crippen molar-refractivity contribution < 1.29 is 0 Å². The first-order chi connectivity index (χ1) is 21.3. The maximum Gasteiger partial charge on any atom is 0.0708 e. The Bertz CT molecular complexity index is 1840. The molecule has 2 heteroatoms. The average molecular weight is 551 g/mol. The number of benzene rings is 5. The number of rotatable bonds is 7. The third kappa shape index (κ3) is 5.77. The number of nitrogens with zero attached hydrogens (tertiary/aromatic N) is 2. The summed E-state index contributed by atoms with van der Waals surface area (Å²) in [6.07, 6.45) is 3.80. The van der Waals surface area contributed by atoms with E-state index in [1.807, 2.05) is 24.5 Å². The summed E-state index contributed by atoms with van der Waals surface area (Å²) in [5, 5.41) is 0. The van der Waals surface area contributed by atoms with Gasteiger partial charge >= 0.3 is 0 Å². The highest BCUT2D eigenvalue weighted by molar-refractivity contribution is 5.72. The molecule has 0 saturated heterocycles. The van der Waals surface area contributed by atoms with Crippen molar-refractivity contribution in [3.8, 4) is 44.8 Å². The molecule has 0 N–H and O–H groups in total. The van der Waals surface area contributed by atoms with E-state index in [-0.39, 0.29) is 5.92 Å². The molecule has 0 spiro atoms. The van der Waals surface area contributed by atoms with Gasteiger partial charge in [-0.05, 0) is 75.3 Å². The Morgan fingerprint density at radius 1 is 0.302 bits per heavy atom. The van der Waals surface area contributed by atoms with E-state index in [9.17, 15) is 0 Å². The number of hydrogen-bond acceptors (Lipinski definition) is 2. The van der Waals surface area contributed by atoms with E-state index < -0.39 is 0 Å². The Labute approximate surface area is 253 Å². The molecule has 43 heavy (non-hydrogen) atoms. The van der Waals surface area contributed by atoms with Gasteiger partial charge in [0.25, 0.3) is 0 Å². The summed E-state index contributed by atoms with van der Waals surface area (Å²) in [7, 11) is 0. The SMILES string of the molecule is c1ccc(-c2ccnc(-c3cccc(C(c4ccccc4)c4cccc(-c5cc(-c6ccccc6)ccn5)c4)c3)c2)cc1. The summed E-state index contributed by atoms with van der Waals surface area (Å²) in [5.74, 6) is 0.0516. The van der Waals surface area contributed by atoms with E-state index in [0.29, 0.717) is 0 Å². The normalized spacial score (nSPS) is 11.0.